The summed E-state index contributed by atoms with van der Waals surface area (Å²) >= 11 is 0. The van der Waals surface area contributed by atoms with Gasteiger partial charge in [0.1, 0.15) is 17.0 Å². The molecule has 2 N–H and O–H groups in total. The molecule has 1 heterocycles. The van der Waals surface area contributed by atoms with Crippen LogP contribution in [0.1, 0.15) is 56.1 Å². The van der Waals surface area contributed by atoms with Crippen LogP contribution in [0.15, 0.2) is 30.3 Å². The minimum atomic E-state index is -1.03. The van der Waals surface area contributed by atoms with Crippen molar-refractivity contribution in [2.45, 2.75) is 70.1 Å². The summed E-state index contributed by atoms with van der Waals surface area (Å²) in [5.74, 6) is 0.676. The zero-order valence-electron chi connectivity index (χ0n) is 21.5. The van der Waals surface area contributed by atoms with Gasteiger partial charge in [-0.3, -0.25) is 0 Å². The standard InChI is InChI=1S/C29H37NO6/c1-19-25(33-2)15-20(16-26(19)34-3)24-5-4-22(30-29(27(31)32)10-12-35-13-11-29)14-21(24)18-36-23-6-7-28(17-23)8-9-28/h4-5,14-16,23,30H,6-13,17-18H2,1-3H3,(H,31,32). The van der Waals surface area contributed by atoms with Crippen molar-refractivity contribution in [1.82, 2.24) is 0 Å². The Labute approximate surface area is 213 Å². The molecular formula is C29H37NO6. The maximum Gasteiger partial charge on any atom is 0.329 e. The molecule has 1 saturated heterocycles. The van der Waals surface area contributed by atoms with Crippen LogP contribution < -0.4 is 14.8 Å². The summed E-state index contributed by atoms with van der Waals surface area (Å²) in [6.45, 7) is 3.30. The number of hydrogen-bond acceptors (Lipinski definition) is 6. The number of hydrogen-bond donors (Lipinski definition) is 2. The summed E-state index contributed by atoms with van der Waals surface area (Å²) in [6.07, 6.45) is 7.32. The van der Waals surface area contributed by atoms with Gasteiger partial charge in [0.25, 0.3) is 0 Å². The minimum Gasteiger partial charge on any atom is -0.496 e. The number of nitrogens with one attached hydrogen (secondary N) is 1. The molecule has 194 valence electrons. The molecule has 0 amide bonds. The first kappa shape index (κ1) is 24.9. The van der Waals surface area contributed by atoms with Crippen LogP contribution in [0.2, 0.25) is 0 Å². The summed E-state index contributed by atoms with van der Waals surface area (Å²) in [5.41, 5.74) is 4.25. The van der Waals surface area contributed by atoms with Crippen LogP contribution in [0.3, 0.4) is 0 Å². The first-order valence-electron chi connectivity index (χ1n) is 12.9. The molecule has 3 aliphatic rings. The Morgan fingerprint density at radius 2 is 1.75 bits per heavy atom. The van der Waals surface area contributed by atoms with Crippen molar-refractivity contribution >= 4 is 11.7 Å². The third-order valence-electron chi connectivity index (χ3n) is 8.40. The molecular weight excluding hydrogens is 458 g/mol. The van der Waals surface area contributed by atoms with E-state index in [0.717, 1.165) is 52.3 Å². The lowest BCUT2D eigenvalue weighted by molar-refractivity contribution is -0.145. The van der Waals surface area contributed by atoms with Gasteiger partial charge in [0, 0.05) is 37.3 Å². The van der Waals surface area contributed by atoms with Crippen LogP contribution in [0, 0.1) is 12.3 Å². The Kier molecular flexibility index (Phi) is 6.88. The van der Waals surface area contributed by atoms with Gasteiger partial charge in [0.15, 0.2) is 0 Å². The molecule has 5 rings (SSSR count). The maximum absolute atomic E-state index is 12.2. The predicted octanol–water partition coefficient (Wildman–Crippen LogP) is 5.57. The normalized spacial score (nSPS) is 21.8. The third-order valence-corrected chi connectivity index (χ3v) is 8.40. The molecule has 3 fully saturated rings. The second-order valence-electron chi connectivity index (χ2n) is 10.7. The average molecular weight is 496 g/mol. The molecule has 1 atom stereocenters. The molecule has 36 heavy (non-hydrogen) atoms. The van der Waals surface area contributed by atoms with Crippen molar-refractivity contribution in [3.8, 4) is 22.6 Å². The first-order chi connectivity index (χ1) is 17.4. The molecule has 7 nitrogen and oxygen atoms in total. The van der Waals surface area contributed by atoms with Gasteiger partial charge in [-0.05, 0) is 85.4 Å². The number of carboxylic acid groups (broad SMARTS) is 1. The van der Waals surface area contributed by atoms with E-state index in [9.17, 15) is 9.90 Å². The molecule has 0 bridgehead atoms. The number of carboxylic acids is 1. The van der Waals surface area contributed by atoms with Gasteiger partial charge in [-0.1, -0.05) is 6.07 Å². The van der Waals surface area contributed by atoms with Crippen molar-refractivity contribution in [1.29, 1.82) is 0 Å². The summed E-state index contributed by atoms with van der Waals surface area (Å²) in [6, 6.07) is 10.1. The Morgan fingerprint density at radius 3 is 2.33 bits per heavy atom. The minimum absolute atomic E-state index is 0.278. The highest BCUT2D eigenvalue weighted by molar-refractivity contribution is 5.83. The zero-order chi connectivity index (χ0) is 25.3. The molecule has 0 aromatic heterocycles. The fraction of sp³-hybridized carbons (Fsp3) is 0.552. The fourth-order valence-corrected chi connectivity index (χ4v) is 5.84. The number of aliphatic carboxylic acids is 1. The summed E-state index contributed by atoms with van der Waals surface area (Å²) < 4.78 is 23.1. The van der Waals surface area contributed by atoms with Crippen LogP contribution in [-0.4, -0.2) is 50.2 Å². The highest BCUT2D eigenvalue weighted by atomic mass is 16.5. The lowest BCUT2D eigenvalue weighted by Gasteiger charge is -2.35. The highest BCUT2D eigenvalue weighted by Gasteiger charge is 2.48. The van der Waals surface area contributed by atoms with E-state index in [1.54, 1.807) is 14.2 Å². The number of carbonyl (C=O) groups is 1. The van der Waals surface area contributed by atoms with Gasteiger partial charge in [0.2, 0.25) is 0 Å². The quantitative estimate of drug-likeness (QED) is 0.470. The van der Waals surface area contributed by atoms with Gasteiger partial charge in [0.05, 0.1) is 26.9 Å². The molecule has 7 heteroatoms. The molecule has 2 aromatic rings. The van der Waals surface area contributed by atoms with Gasteiger partial charge in [-0.2, -0.15) is 0 Å². The second kappa shape index (κ2) is 9.94. The van der Waals surface area contributed by atoms with Gasteiger partial charge in [-0.15, -0.1) is 0 Å². The van der Waals surface area contributed by atoms with E-state index in [-0.39, 0.29) is 6.10 Å². The van der Waals surface area contributed by atoms with Crippen molar-refractivity contribution in [3.05, 3.63) is 41.5 Å². The Balaban J connectivity index is 1.47. The first-order valence-corrected chi connectivity index (χ1v) is 12.9. The van der Waals surface area contributed by atoms with Crippen molar-refractivity contribution in [3.63, 3.8) is 0 Å². The molecule has 2 aliphatic carbocycles. The van der Waals surface area contributed by atoms with E-state index in [4.69, 9.17) is 18.9 Å². The van der Waals surface area contributed by atoms with Crippen molar-refractivity contribution in [2.24, 2.45) is 5.41 Å². The molecule has 1 spiro atoms. The van der Waals surface area contributed by atoms with E-state index in [0.29, 0.717) is 38.1 Å². The van der Waals surface area contributed by atoms with E-state index in [2.05, 4.69) is 5.32 Å². The van der Waals surface area contributed by atoms with E-state index in [1.165, 1.54) is 19.3 Å². The highest BCUT2D eigenvalue weighted by Crippen LogP contribution is 2.58. The van der Waals surface area contributed by atoms with E-state index in [1.807, 2.05) is 37.3 Å². The topological polar surface area (TPSA) is 86.3 Å². The van der Waals surface area contributed by atoms with Crippen molar-refractivity contribution < 1.29 is 28.8 Å². The van der Waals surface area contributed by atoms with Crippen LogP contribution in [-0.2, 0) is 20.9 Å². The summed E-state index contributed by atoms with van der Waals surface area (Å²) in [4.78, 5) is 12.2. The Bertz CT molecular complexity index is 1090. The predicted molar refractivity (Wildman–Crippen MR) is 138 cm³/mol. The van der Waals surface area contributed by atoms with Crippen LogP contribution >= 0.6 is 0 Å². The summed E-state index contributed by atoms with van der Waals surface area (Å²) in [5, 5.41) is 13.4. The number of anilines is 1. The monoisotopic (exact) mass is 495 g/mol. The number of ether oxygens (including phenoxy) is 4. The smallest absolute Gasteiger partial charge is 0.329 e. The van der Waals surface area contributed by atoms with Crippen LogP contribution in [0.5, 0.6) is 11.5 Å². The molecule has 0 radical (unpaired) electrons. The maximum atomic E-state index is 12.2. The van der Waals surface area contributed by atoms with E-state index < -0.39 is 11.5 Å². The molecule has 1 unspecified atom stereocenters. The number of rotatable bonds is 9. The van der Waals surface area contributed by atoms with Crippen molar-refractivity contribution in [2.75, 3.05) is 32.8 Å². The van der Waals surface area contributed by atoms with Gasteiger partial charge in [-0.25, -0.2) is 4.79 Å². The average Bonchev–Trinajstić information content (AvgIpc) is 3.53. The SMILES string of the molecule is COc1cc(-c2ccc(NC3(C(=O)O)CCOCC3)cc2COC2CCC3(CC3)C2)cc(OC)c1C. The van der Waals surface area contributed by atoms with Gasteiger partial charge < -0.3 is 29.4 Å². The summed E-state index contributed by atoms with van der Waals surface area (Å²) in [7, 11) is 3.32. The Morgan fingerprint density at radius 1 is 1.06 bits per heavy atom. The molecule has 1 aliphatic heterocycles. The zero-order valence-corrected chi connectivity index (χ0v) is 21.5. The van der Waals surface area contributed by atoms with Crippen LogP contribution in [0.25, 0.3) is 11.1 Å². The number of benzene rings is 2. The largest absolute Gasteiger partial charge is 0.496 e. The second-order valence-corrected chi connectivity index (χ2v) is 10.7. The van der Waals surface area contributed by atoms with Gasteiger partial charge >= 0.3 is 5.97 Å². The molecule has 2 saturated carbocycles. The number of methoxy groups -OCH3 is 2. The van der Waals surface area contributed by atoms with E-state index >= 15 is 0 Å². The molecule has 2 aromatic carbocycles. The fourth-order valence-electron chi connectivity index (χ4n) is 5.84. The third kappa shape index (κ3) is 4.91. The lowest BCUT2D eigenvalue weighted by Crippen LogP contribution is -2.50. The Hall–Kier alpha value is -2.77. The van der Waals surface area contributed by atoms with Crippen LogP contribution in [0.4, 0.5) is 5.69 Å². The lowest BCUT2D eigenvalue weighted by atomic mass is 9.89.